The number of nitrogens with one attached hydrogen (secondary N) is 3. The molecule has 1 fully saturated rings. The number of aromatic nitrogens is 1. The monoisotopic (exact) mass is 512 g/mol. The molecule has 10 nitrogen and oxygen atoms in total. The van der Waals surface area contributed by atoms with Crippen LogP contribution in [-0.2, 0) is 0 Å². The van der Waals surface area contributed by atoms with Gasteiger partial charge in [0.2, 0.25) is 11.5 Å². The van der Waals surface area contributed by atoms with Crippen molar-refractivity contribution in [3.05, 3.63) is 93.2 Å². The SMILES string of the molecule is CNC1CCNC1.COc1ccc(O)c(C(=O)c2ccc(C(N)=O)cc2)c1F.O=Cc1cc[nH]c(=O)c1. The Labute approximate surface area is 212 Å². The third-order valence-electron chi connectivity index (χ3n) is 5.37. The van der Waals surface area contributed by atoms with E-state index in [0.717, 1.165) is 12.6 Å². The summed E-state index contributed by atoms with van der Waals surface area (Å²) in [5.41, 5.74) is 5.10. The average molecular weight is 513 g/mol. The van der Waals surface area contributed by atoms with Crippen molar-refractivity contribution < 1.29 is 28.6 Å². The predicted octanol–water partition coefficient (Wildman–Crippen LogP) is 1.62. The third-order valence-corrected chi connectivity index (χ3v) is 5.37. The van der Waals surface area contributed by atoms with E-state index in [4.69, 9.17) is 10.5 Å². The number of aromatic amines is 1. The number of carbonyl (C=O) groups excluding carboxylic acids is 3. The fraction of sp³-hybridized carbons (Fsp3) is 0.231. The first-order valence-corrected chi connectivity index (χ1v) is 11.2. The maximum Gasteiger partial charge on any atom is 0.248 e. The standard InChI is InChI=1S/C15H12FNO4.C6H5NO2.C5H12N2/c1-21-11-7-6-10(18)12(13(11)16)14(19)8-2-4-9(5-3-8)15(17)20;8-4-5-1-2-7-6(9)3-5;1-6-5-2-3-7-4-5/h2-7,18H,1H3,(H2,17,20);1-4H,(H,7,9);5-7H,2-4H2,1H3. The smallest absolute Gasteiger partial charge is 0.248 e. The lowest BCUT2D eigenvalue weighted by Gasteiger charge is -2.09. The number of hydrogen-bond donors (Lipinski definition) is 5. The van der Waals surface area contributed by atoms with Crippen LogP contribution in [-0.4, -0.2) is 61.4 Å². The van der Waals surface area contributed by atoms with Crippen LogP contribution in [0, 0.1) is 5.82 Å². The molecule has 3 aromatic rings. The van der Waals surface area contributed by atoms with E-state index in [0.29, 0.717) is 11.8 Å². The van der Waals surface area contributed by atoms with Crippen molar-refractivity contribution in [3.63, 3.8) is 0 Å². The molecule has 6 N–H and O–H groups in total. The zero-order valence-electron chi connectivity index (χ0n) is 20.4. The summed E-state index contributed by atoms with van der Waals surface area (Å²) in [5, 5.41) is 16.2. The van der Waals surface area contributed by atoms with E-state index >= 15 is 0 Å². The van der Waals surface area contributed by atoms with Crippen LogP contribution >= 0.6 is 0 Å². The average Bonchev–Trinajstić information content (AvgIpc) is 3.44. The number of phenols is 1. The highest BCUT2D eigenvalue weighted by Gasteiger charge is 2.22. The number of methoxy groups -OCH3 is 1. The number of ether oxygens (including phenoxy) is 1. The van der Waals surface area contributed by atoms with Gasteiger partial charge in [0.25, 0.3) is 0 Å². The van der Waals surface area contributed by atoms with Gasteiger partial charge in [-0.25, -0.2) is 4.39 Å². The summed E-state index contributed by atoms with van der Waals surface area (Å²) < 4.78 is 18.9. The molecule has 1 aliphatic heterocycles. The second kappa shape index (κ2) is 14.3. The Hall–Kier alpha value is -4.35. The molecular formula is C26H29FN4O6. The summed E-state index contributed by atoms with van der Waals surface area (Å²) in [6.07, 6.45) is 3.36. The fourth-order valence-corrected chi connectivity index (χ4v) is 3.29. The topological polar surface area (TPSA) is 164 Å². The molecule has 1 atom stereocenters. The first-order chi connectivity index (χ1) is 17.7. The molecule has 37 heavy (non-hydrogen) atoms. The van der Waals surface area contributed by atoms with E-state index in [1.807, 2.05) is 7.05 Å². The highest BCUT2D eigenvalue weighted by Crippen LogP contribution is 2.30. The Morgan fingerprint density at radius 1 is 1.16 bits per heavy atom. The quantitative estimate of drug-likeness (QED) is 0.246. The third kappa shape index (κ3) is 8.37. The summed E-state index contributed by atoms with van der Waals surface area (Å²) >= 11 is 0. The van der Waals surface area contributed by atoms with E-state index in [1.165, 1.54) is 74.8 Å². The van der Waals surface area contributed by atoms with Gasteiger partial charge in [-0.2, -0.15) is 0 Å². The molecule has 11 heteroatoms. The molecule has 4 rings (SSSR count). The zero-order valence-corrected chi connectivity index (χ0v) is 20.4. The van der Waals surface area contributed by atoms with Crippen LogP contribution < -0.4 is 26.7 Å². The van der Waals surface area contributed by atoms with Crippen molar-refractivity contribution in [2.45, 2.75) is 12.5 Å². The number of ketones is 1. The van der Waals surface area contributed by atoms with Gasteiger partial charge in [-0.1, -0.05) is 12.1 Å². The Bertz CT molecular complexity index is 1270. The number of primary amides is 1. The summed E-state index contributed by atoms with van der Waals surface area (Å²) in [4.78, 5) is 46.1. The van der Waals surface area contributed by atoms with E-state index in [2.05, 4.69) is 15.6 Å². The van der Waals surface area contributed by atoms with Gasteiger partial charge >= 0.3 is 0 Å². The summed E-state index contributed by atoms with van der Waals surface area (Å²) in [6.45, 7) is 2.34. The molecule has 1 saturated heterocycles. The summed E-state index contributed by atoms with van der Waals surface area (Å²) in [6, 6.07) is 11.3. The molecule has 0 bridgehead atoms. The number of amides is 1. The second-order valence-electron chi connectivity index (χ2n) is 7.83. The predicted molar refractivity (Wildman–Crippen MR) is 136 cm³/mol. The first-order valence-electron chi connectivity index (χ1n) is 11.2. The second-order valence-corrected chi connectivity index (χ2v) is 7.83. The number of likely N-dealkylation sites (N-methyl/N-ethyl adjacent to an activating group) is 1. The summed E-state index contributed by atoms with van der Waals surface area (Å²) in [7, 11) is 3.27. The van der Waals surface area contributed by atoms with E-state index in [-0.39, 0.29) is 22.4 Å². The molecule has 0 radical (unpaired) electrons. The number of pyridine rings is 1. The molecule has 1 unspecified atom stereocenters. The van der Waals surface area contributed by atoms with Crippen molar-refractivity contribution in [2.75, 3.05) is 27.2 Å². The number of nitrogens with two attached hydrogens (primary N) is 1. The number of halogens is 1. The Morgan fingerprint density at radius 3 is 2.30 bits per heavy atom. The number of rotatable bonds is 6. The molecule has 0 spiro atoms. The van der Waals surface area contributed by atoms with Gasteiger partial charge < -0.3 is 31.2 Å². The highest BCUT2D eigenvalue weighted by molar-refractivity contribution is 6.11. The van der Waals surface area contributed by atoms with E-state index in [9.17, 15) is 28.7 Å². The van der Waals surface area contributed by atoms with Gasteiger partial charge in [-0.3, -0.25) is 19.2 Å². The molecule has 0 aliphatic carbocycles. The van der Waals surface area contributed by atoms with Gasteiger partial charge in [0.05, 0.1) is 7.11 Å². The van der Waals surface area contributed by atoms with Crippen LogP contribution in [0.4, 0.5) is 4.39 Å². The van der Waals surface area contributed by atoms with Crippen molar-refractivity contribution in [1.29, 1.82) is 0 Å². The maximum absolute atomic E-state index is 14.1. The van der Waals surface area contributed by atoms with Crippen LogP contribution in [0.25, 0.3) is 0 Å². The minimum atomic E-state index is -0.943. The molecule has 1 aromatic heterocycles. The summed E-state index contributed by atoms with van der Waals surface area (Å²) in [5.74, 6) is -2.94. The zero-order chi connectivity index (χ0) is 27.4. The molecule has 0 saturated carbocycles. The van der Waals surface area contributed by atoms with Crippen molar-refractivity contribution >= 4 is 18.0 Å². The Kier molecular flexibility index (Phi) is 11.1. The van der Waals surface area contributed by atoms with Crippen LogP contribution in [0.3, 0.4) is 0 Å². The lowest BCUT2D eigenvalue weighted by atomic mass is 10.00. The van der Waals surface area contributed by atoms with E-state index < -0.39 is 28.8 Å². The normalized spacial score (nSPS) is 13.9. The number of aldehydes is 1. The van der Waals surface area contributed by atoms with Gasteiger partial charge in [0.15, 0.2) is 17.3 Å². The molecule has 1 amide bonds. The van der Waals surface area contributed by atoms with Crippen molar-refractivity contribution in [3.8, 4) is 11.5 Å². The molecule has 2 aromatic carbocycles. The van der Waals surface area contributed by atoms with Crippen LogP contribution in [0.1, 0.15) is 43.1 Å². The number of phenolic OH excluding ortho intramolecular Hbond substituents is 1. The van der Waals surface area contributed by atoms with Gasteiger partial charge in [0.1, 0.15) is 17.6 Å². The Morgan fingerprint density at radius 2 is 1.84 bits per heavy atom. The van der Waals surface area contributed by atoms with Crippen LogP contribution in [0.2, 0.25) is 0 Å². The van der Waals surface area contributed by atoms with Crippen molar-refractivity contribution in [2.24, 2.45) is 5.73 Å². The van der Waals surface area contributed by atoms with Gasteiger partial charge in [-0.05, 0) is 50.3 Å². The first kappa shape index (κ1) is 28.9. The van der Waals surface area contributed by atoms with E-state index in [1.54, 1.807) is 0 Å². The minimum absolute atomic E-state index is 0.113. The molecular weight excluding hydrogens is 483 g/mol. The van der Waals surface area contributed by atoms with Gasteiger partial charge in [0, 0.05) is 41.5 Å². The number of aromatic hydroxyl groups is 1. The number of carbonyl (C=O) groups is 3. The Balaban J connectivity index is 0.000000244. The van der Waals surface area contributed by atoms with Crippen LogP contribution in [0.15, 0.2) is 59.5 Å². The number of hydrogen-bond acceptors (Lipinski definition) is 8. The maximum atomic E-state index is 14.1. The molecule has 1 aliphatic rings. The minimum Gasteiger partial charge on any atom is -0.507 e. The lowest BCUT2D eigenvalue weighted by molar-refractivity contribution is 0.0995. The number of benzene rings is 2. The van der Waals surface area contributed by atoms with Gasteiger partial charge in [-0.15, -0.1) is 0 Å². The molecule has 2 heterocycles. The lowest BCUT2D eigenvalue weighted by Crippen LogP contribution is -2.26. The fourth-order valence-electron chi connectivity index (χ4n) is 3.29. The highest BCUT2D eigenvalue weighted by atomic mass is 19.1. The largest absolute Gasteiger partial charge is 0.507 e. The van der Waals surface area contributed by atoms with Crippen LogP contribution in [0.5, 0.6) is 11.5 Å². The number of H-pyrrole nitrogens is 1. The molecule has 196 valence electrons. The van der Waals surface area contributed by atoms with Crippen molar-refractivity contribution in [1.82, 2.24) is 15.6 Å².